The Balaban J connectivity index is 2.64. The SMILES string of the molecule is CCOC(=O)NC1(CC(=O)CCl)CCCCC1. The lowest BCUT2D eigenvalue weighted by molar-refractivity contribution is -0.118. The van der Waals surface area contributed by atoms with E-state index in [9.17, 15) is 9.59 Å². The van der Waals surface area contributed by atoms with E-state index in [1.54, 1.807) is 6.92 Å². The van der Waals surface area contributed by atoms with E-state index < -0.39 is 11.6 Å². The Bertz CT molecular complexity index is 275. The van der Waals surface area contributed by atoms with Crippen molar-refractivity contribution in [2.75, 3.05) is 12.5 Å². The third-order valence-electron chi connectivity index (χ3n) is 3.14. The highest BCUT2D eigenvalue weighted by molar-refractivity contribution is 6.27. The van der Waals surface area contributed by atoms with Gasteiger partial charge in [0.2, 0.25) is 0 Å². The molecule has 0 aromatic rings. The number of ether oxygens (including phenoxy) is 1. The van der Waals surface area contributed by atoms with Gasteiger partial charge in [-0.1, -0.05) is 19.3 Å². The third-order valence-corrected chi connectivity index (χ3v) is 3.44. The maximum Gasteiger partial charge on any atom is 0.407 e. The molecule has 0 aromatic heterocycles. The van der Waals surface area contributed by atoms with Gasteiger partial charge < -0.3 is 10.1 Å². The van der Waals surface area contributed by atoms with Crippen molar-refractivity contribution in [2.45, 2.75) is 51.0 Å². The van der Waals surface area contributed by atoms with Crippen molar-refractivity contribution in [2.24, 2.45) is 0 Å². The summed E-state index contributed by atoms with van der Waals surface area (Å²) >= 11 is 5.54. The summed E-state index contributed by atoms with van der Waals surface area (Å²) < 4.78 is 4.89. The number of ketones is 1. The van der Waals surface area contributed by atoms with Crippen LogP contribution in [0.2, 0.25) is 0 Å². The molecule has 0 radical (unpaired) electrons. The zero-order valence-electron chi connectivity index (χ0n) is 10.3. The van der Waals surface area contributed by atoms with Crippen LogP contribution in [0.15, 0.2) is 0 Å². The first-order valence-corrected chi connectivity index (χ1v) is 6.68. The van der Waals surface area contributed by atoms with Crippen molar-refractivity contribution < 1.29 is 14.3 Å². The second-order valence-corrected chi connectivity index (χ2v) is 4.80. The van der Waals surface area contributed by atoms with Crippen LogP contribution < -0.4 is 5.32 Å². The van der Waals surface area contributed by atoms with E-state index in [1.807, 2.05) is 0 Å². The van der Waals surface area contributed by atoms with Gasteiger partial charge in [0.15, 0.2) is 0 Å². The first-order valence-electron chi connectivity index (χ1n) is 6.14. The van der Waals surface area contributed by atoms with Crippen molar-refractivity contribution in [3.63, 3.8) is 0 Å². The van der Waals surface area contributed by atoms with Crippen LogP contribution in [0.3, 0.4) is 0 Å². The van der Waals surface area contributed by atoms with Crippen molar-refractivity contribution in [1.82, 2.24) is 5.32 Å². The van der Waals surface area contributed by atoms with E-state index >= 15 is 0 Å². The van der Waals surface area contributed by atoms with E-state index in [-0.39, 0.29) is 11.7 Å². The van der Waals surface area contributed by atoms with E-state index in [2.05, 4.69) is 5.32 Å². The lowest BCUT2D eigenvalue weighted by atomic mass is 9.78. The van der Waals surface area contributed by atoms with Crippen LogP contribution in [-0.2, 0) is 9.53 Å². The Morgan fingerprint density at radius 3 is 2.47 bits per heavy atom. The average Bonchev–Trinajstić information content (AvgIpc) is 2.30. The van der Waals surface area contributed by atoms with Gasteiger partial charge in [0, 0.05) is 6.42 Å². The van der Waals surface area contributed by atoms with Gasteiger partial charge in [-0.2, -0.15) is 0 Å². The fraction of sp³-hybridized carbons (Fsp3) is 0.833. The summed E-state index contributed by atoms with van der Waals surface area (Å²) in [7, 11) is 0. The molecule has 1 amide bonds. The van der Waals surface area contributed by atoms with Crippen LogP contribution >= 0.6 is 11.6 Å². The number of nitrogens with one attached hydrogen (secondary N) is 1. The molecule has 17 heavy (non-hydrogen) atoms. The molecule has 0 spiro atoms. The lowest BCUT2D eigenvalue weighted by Crippen LogP contribution is -2.51. The van der Waals surface area contributed by atoms with Crippen molar-refractivity contribution in [3.05, 3.63) is 0 Å². The molecular formula is C12H20ClNO3. The Morgan fingerprint density at radius 1 is 1.29 bits per heavy atom. The van der Waals surface area contributed by atoms with E-state index in [1.165, 1.54) is 0 Å². The lowest BCUT2D eigenvalue weighted by Gasteiger charge is -2.37. The Kier molecular flexibility index (Phi) is 5.75. The largest absolute Gasteiger partial charge is 0.450 e. The molecule has 1 aliphatic rings. The minimum atomic E-state index is -0.434. The number of hydrogen-bond acceptors (Lipinski definition) is 3. The van der Waals surface area contributed by atoms with Gasteiger partial charge in [-0.15, -0.1) is 11.6 Å². The summed E-state index contributed by atoms with van der Waals surface area (Å²) in [6.45, 7) is 2.10. The summed E-state index contributed by atoms with van der Waals surface area (Å²) in [5, 5.41) is 2.86. The van der Waals surface area contributed by atoms with Gasteiger partial charge in [0.1, 0.15) is 5.78 Å². The standard InChI is InChI=1S/C12H20ClNO3/c1-2-17-11(16)14-12(8-10(15)9-13)6-4-3-5-7-12/h2-9H2,1H3,(H,14,16). The molecule has 1 fully saturated rings. The fourth-order valence-corrected chi connectivity index (χ4v) is 2.48. The number of carbonyl (C=O) groups excluding carboxylic acids is 2. The topological polar surface area (TPSA) is 55.4 Å². The molecule has 4 nitrogen and oxygen atoms in total. The highest BCUT2D eigenvalue weighted by Crippen LogP contribution is 2.31. The highest BCUT2D eigenvalue weighted by atomic mass is 35.5. The monoisotopic (exact) mass is 261 g/mol. The van der Waals surface area contributed by atoms with Crippen LogP contribution in [0, 0.1) is 0 Å². The number of halogens is 1. The van der Waals surface area contributed by atoms with Gasteiger partial charge in [-0.25, -0.2) is 4.79 Å². The van der Waals surface area contributed by atoms with Crippen LogP contribution in [0.1, 0.15) is 45.4 Å². The average molecular weight is 262 g/mol. The maximum atomic E-state index is 11.5. The Morgan fingerprint density at radius 2 is 1.94 bits per heavy atom. The summed E-state index contributed by atoms with van der Waals surface area (Å²) in [4.78, 5) is 23.0. The molecule has 0 bridgehead atoms. The van der Waals surface area contributed by atoms with Crippen molar-refractivity contribution in [3.8, 4) is 0 Å². The van der Waals surface area contributed by atoms with Crippen LogP contribution in [-0.4, -0.2) is 29.9 Å². The van der Waals surface area contributed by atoms with Gasteiger partial charge in [0.25, 0.3) is 0 Å². The van der Waals surface area contributed by atoms with E-state index in [4.69, 9.17) is 16.3 Å². The molecule has 1 aliphatic carbocycles. The zero-order valence-corrected chi connectivity index (χ0v) is 11.0. The molecule has 1 N–H and O–H groups in total. The summed E-state index contributed by atoms with van der Waals surface area (Å²) in [5.41, 5.74) is -0.434. The summed E-state index contributed by atoms with van der Waals surface area (Å²) in [5.74, 6) is -0.0166. The molecule has 0 atom stereocenters. The van der Waals surface area contributed by atoms with E-state index in [0.29, 0.717) is 13.0 Å². The molecule has 5 heteroatoms. The maximum absolute atomic E-state index is 11.5. The number of alkyl carbamates (subject to hydrolysis) is 1. The van der Waals surface area contributed by atoms with Gasteiger partial charge in [0.05, 0.1) is 18.0 Å². The Labute approximate surface area is 107 Å². The van der Waals surface area contributed by atoms with Gasteiger partial charge >= 0.3 is 6.09 Å². The number of rotatable bonds is 5. The molecule has 1 rings (SSSR count). The number of alkyl halides is 1. The molecular weight excluding hydrogens is 242 g/mol. The van der Waals surface area contributed by atoms with Crippen molar-refractivity contribution in [1.29, 1.82) is 0 Å². The van der Waals surface area contributed by atoms with Gasteiger partial charge in [-0.05, 0) is 19.8 Å². The predicted octanol–water partition coefficient (Wildman–Crippen LogP) is 2.63. The molecule has 0 heterocycles. The second-order valence-electron chi connectivity index (χ2n) is 4.54. The quantitative estimate of drug-likeness (QED) is 0.774. The molecule has 98 valence electrons. The number of Topliss-reactive ketones (excluding diaryl/α,β-unsaturated/α-hetero) is 1. The van der Waals surface area contributed by atoms with Crippen LogP contribution in [0.25, 0.3) is 0 Å². The zero-order chi connectivity index (χ0) is 12.7. The summed E-state index contributed by atoms with van der Waals surface area (Å²) in [6, 6.07) is 0. The van der Waals surface area contributed by atoms with Crippen LogP contribution in [0.5, 0.6) is 0 Å². The first-order chi connectivity index (χ1) is 8.12. The number of hydrogen-bond donors (Lipinski definition) is 1. The predicted molar refractivity (Wildman–Crippen MR) is 66.3 cm³/mol. The van der Waals surface area contributed by atoms with Crippen molar-refractivity contribution >= 4 is 23.5 Å². The Hall–Kier alpha value is -0.770. The van der Waals surface area contributed by atoms with Gasteiger partial charge in [-0.3, -0.25) is 4.79 Å². The minimum Gasteiger partial charge on any atom is -0.450 e. The molecule has 0 unspecified atom stereocenters. The first kappa shape index (κ1) is 14.3. The minimum absolute atomic E-state index is 0.00621. The summed E-state index contributed by atoms with van der Waals surface area (Å²) in [6.07, 6.45) is 4.75. The highest BCUT2D eigenvalue weighted by Gasteiger charge is 2.35. The molecule has 0 aliphatic heterocycles. The molecule has 0 saturated heterocycles. The second kappa shape index (κ2) is 6.84. The third kappa shape index (κ3) is 4.54. The number of amides is 1. The fourth-order valence-electron chi connectivity index (χ4n) is 2.38. The normalized spacial score (nSPS) is 18.5. The molecule has 1 saturated carbocycles. The molecule has 0 aromatic carbocycles. The van der Waals surface area contributed by atoms with E-state index in [0.717, 1.165) is 32.1 Å². The number of carbonyl (C=O) groups is 2. The van der Waals surface area contributed by atoms with Crippen LogP contribution in [0.4, 0.5) is 4.79 Å². The smallest absolute Gasteiger partial charge is 0.407 e.